The van der Waals surface area contributed by atoms with Gasteiger partial charge in [0.15, 0.2) is 0 Å². The number of hydrogen-bond donors (Lipinski definition) is 2. The van der Waals surface area contributed by atoms with Crippen LogP contribution in [0.15, 0.2) is 71.8 Å². The molecule has 6 nitrogen and oxygen atoms in total. The zero-order valence-electron chi connectivity index (χ0n) is 20.1. The lowest BCUT2D eigenvalue weighted by Crippen LogP contribution is -2.43. The minimum atomic E-state index is -0.612. The van der Waals surface area contributed by atoms with Crippen LogP contribution in [0.5, 0.6) is 0 Å². The Morgan fingerprint density at radius 1 is 0.853 bits per heavy atom. The molecule has 1 heterocycles. The SMILES string of the molecule is CC(C)n1cc(C(=O)NC(c2ccccc2)c2ccc(Cl)cc2)c(=O)c(C(=O)NC(C)(C)C)c1. The van der Waals surface area contributed by atoms with Gasteiger partial charge < -0.3 is 15.2 Å². The zero-order chi connectivity index (χ0) is 25.0. The van der Waals surface area contributed by atoms with Crippen molar-refractivity contribution >= 4 is 23.4 Å². The van der Waals surface area contributed by atoms with Crippen LogP contribution in [0.1, 0.15) is 78.5 Å². The summed E-state index contributed by atoms with van der Waals surface area (Å²) in [6.07, 6.45) is 3.00. The molecule has 3 rings (SSSR count). The molecule has 2 N–H and O–H groups in total. The molecule has 0 aliphatic rings. The highest BCUT2D eigenvalue weighted by molar-refractivity contribution is 6.30. The molecule has 2 amide bonds. The van der Waals surface area contributed by atoms with Gasteiger partial charge in [0.25, 0.3) is 11.8 Å². The lowest BCUT2D eigenvalue weighted by atomic mass is 9.98. The fourth-order valence-corrected chi connectivity index (χ4v) is 3.62. The summed E-state index contributed by atoms with van der Waals surface area (Å²) in [5.41, 5.74) is 0.360. The van der Waals surface area contributed by atoms with Crippen LogP contribution in [-0.2, 0) is 0 Å². The van der Waals surface area contributed by atoms with Crippen molar-refractivity contribution in [2.75, 3.05) is 0 Å². The van der Waals surface area contributed by atoms with Gasteiger partial charge in [-0.1, -0.05) is 54.1 Å². The van der Waals surface area contributed by atoms with E-state index in [1.165, 1.54) is 12.4 Å². The number of nitrogens with zero attached hydrogens (tertiary/aromatic N) is 1. The number of rotatable bonds is 6. The van der Waals surface area contributed by atoms with E-state index < -0.39 is 28.8 Å². The molecule has 178 valence electrons. The number of amides is 2. The molecule has 0 spiro atoms. The summed E-state index contributed by atoms with van der Waals surface area (Å²) in [6.45, 7) is 9.33. The lowest BCUT2D eigenvalue weighted by Gasteiger charge is -2.22. The third kappa shape index (κ3) is 6.14. The van der Waals surface area contributed by atoms with Crippen LogP contribution in [0.25, 0.3) is 0 Å². The summed E-state index contributed by atoms with van der Waals surface area (Å²) < 4.78 is 1.70. The maximum atomic E-state index is 13.4. The first-order chi connectivity index (χ1) is 16.0. The number of benzene rings is 2. The van der Waals surface area contributed by atoms with Gasteiger partial charge in [0, 0.05) is 29.0 Å². The Morgan fingerprint density at radius 2 is 1.38 bits per heavy atom. The molecule has 0 radical (unpaired) electrons. The van der Waals surface area contributed by atoms with Crippen LogP contribution in [0.3, 0.4) is 0 Å². The van der Waals surface area contributed by atoms with Crippen LogP contribution in [0.4, 0.5) is 0 Å². The maximum Gasteiger partial charge on any atom is 0.257 e. The van der Waals surface area contributed by atoms with Crippen molar-refractivity contribution in [1.29, 1.82) is 0 Å². The first kappa shape index (κ1) is 25.2. The molecule has 0 saturated carbocycles. The molecule has 0 bridgehead atoms. The molecule has 1 aromatic heterocycles. The minimum Gasteiger partial charge on any atom is -0.350 e. The number of carbonyl (C=O) groups is 2. The van der Waals surface area contributed by atoms with E-state index in [2.05, 4.69) is 10.6 Å². The van der Waals surface area contributed by atoms with E-state index in [0.29, 0.717) is 5.02 Å². The van der Waals surface area contributed by atoms with Gasteiger partial charge in [-0.25, -0.2) is 0 Å². The minimum absolute atomic E-state index is 0.0606. The predicted octanol–water partition coefficient (Wildman–Crippen LogP) is 5.13. The number of nitrogens with one attached hydrogen (secondary N) is 2. The third-order valence-electron chi connectivity index (χ3n) is 5.23. The summed E-state index contributed by atoms with van der Waals surface area (Å²) >= 11 is 6.06. The average Bonchev–Trinajstić information content (AvgIpc) is 2.77. The molecular weight excluding hydrogens is 450 g/mol. The fourth-order valence-electron chi connectivity index (χ4n) is 3.50. The van der Waals surface area contributed by atoms with Crippen molar-refractivity contribution in [1.82, 2.24) is 15.2 Å². The number of hydrogen-bond acceptors (Lipinski definition) is 3. The second-order valence-electron chi connectivity index (χ2n) is 9.53. The van der Waals surface area contributed by atoms with Crippen molar-refractivity contribution in [3.8, 4) is 0 Å². The first-order valence-corrected chi connectivity index (χ1v) is 11.5. The van der Waals surface area contributed by atoms with Crippen molar-refractivity contribution in [2.45, 2.75) is 52.2 Å². The van der Waals surface area contributed by atoms with E-state index in [4.69, 9.17) is 11.6 Å². The highest BCUT2D eigenvalue weighted by atomic mass is 35.5. The molecular formula is C27H30ClN3O3. The van der Waals surface area contributed by atoms with E-state index in [1.54, 1.807) is 16.7 Å². The Hall–Kier alpha value is -3.38. The molecule has 2 aromatic carbocycles. The van der Waals surface area contributed by atoms with Crippen molar-refractivity contribution in [2.24, 2.45) is 0 Å². The topological polar surface area (TPSA) is 80.2 Å². The molecule has 0 aliphatic carbocycles. The standard InChI is InChI=1S/C27H30ClN3O3/c1-17(2)31-15-21(24(32)22(16-31)26(34)30-27(3,4)5)25(33)29-23(18-9-7-6-8-10-18)19-11-13-20(28)14-12-19/h6-17,23H,1-5H3,(H,29,33)(H,30,34). The zero-order valence-corrected chi connectivity index (χ0v) is 20.8. The Kier molecular flexibility index (Phi) is 7.62. The monoisotopic (exact) mass is 479 g/mol. The molecule has 0 aliphatic heterocycles. The van der Waals surface area contributed by atoms with Crippen molar-refractivity contribution < 1.29 is 9.59 Å². The second-order valence-corrected chi connectivity index (χ2v) is 9.96. The predicted molar refractivity (Wildman–Crippen MR) is 136 cm³/mol. The third-order valence-corrected chi connectivity index (χ3v) is 5.48. The maximum absolute atomic E-state index is 13.4. The number of halogens is 1. The van der Waals surface area contributed by atoms with Crippen LogP contribution in [0.2, 0.25) is 5.02 Å². The number of aromatic nitrogens is 1. The van der Waals surface area contributed by atoms with Gasteiger partial charge in [0.1, 0.15) is 11.1 Å². The normalized spacial score (nSPS) is 12.3. The van der Waals surface area contributed by atoms with E-state index in [-0.39, 0.29) is 17.2 Å². The van der Waals surface area contributed by atoms with Gasteiger partial charge in [-0.3, -0.25) is 14.4 Å². The Bertz CT molecular complexity index is 1230. The van der Waals surface area contributed by atoms with Gasteiger partial charge in [-0.05, 0) is 57.9 Å². The quantitative estimate of drug-likeness (QED) is 0.514. The average molecular weight is 480 g/mol. The fraction of sp³-hybridized carbons (Fsp3) is 0.296. The summed E-state index contributed by atoms with van der Waals surface area (Å²) in [5, 5.41) is 6.37. The Labute approximate surface area is 205 Å². The van der Waals surface area contributed by atoms with Crippen LogP contribution >= 0.6 is 11.6 Å². The highest BCUT2D eigenvalue weighted by Crippen LogP contribution is 2.24. The molecule has 0 fully saturated rings. The molecule has 3 aromatic rings. The Morgan fingerprint density at radius 3 is 1.91 bits per heavy atom. The molecule has 1 unspecified atom stereocenters. The van der Waals surface area contributed by atoms with Gasteiger partial charge in [-0.2, -0.15) is 0 Å². The van der Waals surface area contributed by atoms with Gasteiger partial charge in [0.05, 0.1) is 6.04 Å². The van der Waals surface area contributed by atoms with E-state index in [9.17, 15) is 14.4 Å². The summed E-state index contributed by atoms with van der Waals surface area (Å²) in [5.74, 6) is -1.08. The van der Waals surface area contributed by atoms with Crippen LogP contribution in [-0.4, -0.2) is 21.9 Å². The Balaban J connectivity index is 2.05. The van der Waals surface area contributed by atoms with E-state index in [1.807, 2.05) is 77.1 Å². The van der Waals surface area contributed by atoms with E-state index in [0.717, 1.165) is 11.1 Å². The smallest absolute Gasteiger partial charge is 0.257 e. The van der Waals surface area contributed by atoms with Gasteiger partial charge in [-0.15, -0.1) is 0 Å². The lowest BCUT2D eigenvalue weighted by molar-refractivity contribution is 0.0917. The van der Waals surface area contributed by atoms with Crippen LogP contribution < -0.4 is 16.1 Å². The van der Waals surface area contributed by atoms with Crippen molar-refractivity contribution in [3.05, 3.63) is 104 Å². The number of pyridine rings is 1. The van der Waals surface area contributed by atoms with Crippen molar-refractivity contribution in [3.63, 3.8) is 0 Å². The second kappa shape index (κ2) is 10.3. The summed E-state index contributed by atoms with van der Waals surface area (Å²) in [7, 11) is 0. The van der Waals surface area contributed by atoms with Crippen LogP contribution in [0, 0.1) is 0 Å². The first-order valence-electron chi connectivity index (χ1n) is 11.2. The molecule has 0 saturated heterocycles. The highest BCUT2D eigenvalue weighted by Gasteiger charge is 2.25. The molecule has 1 atom stereocenters. The number of carbonyl (C=O) groups excluding carboxylic acids is 2. The summed E-state index contributed by atoms with van der Waals surface area (Å²) in [4.78, 5) is 39.6. The molecule has 7 heteroatoms. The largest absolute Gasteiger partial charge is 0.350 e. The van der Waals surface area contributed by atoms with Gasteiger partial charge >= 0.3 is 0 Å². The van der Waals surface area contributed by atoms with Gasteiger partial charge in [0.2, 0.25) is 5.43 Å². The summed E-state index contributed by atoms with van der Waals surface area (Å²) in [6, 6.07) is 16.1. The van der Waals surface area contributed by atoms with E-state index >= 15 is 0 Å². The molecule has 34 heavy (non-hydrogen) atoms.